The summed E-state index contributed by atoms with van der Waals surface area (Å²) >= 11 is 2.40. The molecular formula is C15H22INO. The van der Waals surface area contributed by atoms with Gasteiger partial charge in [-0.15, -0.1) is 0 Å². The number of rotatable bonds is 8. The molecule has 0 aliphatic heterocycles. The predicted molar refractivity (Wildman–Crippen MR) is 85.5 cm³/mol. The van der Waals surface area contributed by atoms with Crippen LogP contribution in [-0.2, 0) is 6.42 Å². The van der Waals surface area contributed by atoms with E-state index in [-0.39, 0.29) is 5.91 Å². The van der Waals surface area contributed by atoms with Gasteiger partial charge in [0.2, 0.25) is 0 Å². The molecule has 1 aromatic rings. The molecule has 0 atom stereocenters. The summed E-state index contributed by atoms with van der Waals surface area (Å²) in [5, 5.41) is 3.01. The molecule has 2 nitrogen and oxygen atoms in total. The highest BCUT2D eigenvalue weighted by Gasteiger charge is 2.08. The summed E-state index contributed by atoms with van der Waals surface area (Å²) in [5.41, 5.74) is 1.95. The molecule has 3 heteroatoms. The van der Waals surface area contributed by atoms with Crippen molar-refractivity contribution in [2.75, 3.05) is 11.0 Å². The summed E-state index contributed by atoms with van der Waals surface area (Å²) in [6.07, 6.45) is 5.74. The Morgan fingerprint density at radius 1 is 1.17 bits per heavy atom. The highest BCUT2D eigenvalue weighted by atomic mass is 127. The van der Waals surface area contributed by atoms with E-state index in [0.717, 1.165) is 30.5 Å². The first kappa shape index (κ1) is 15.5. The Hall–Kier alpha value is -0.580. The van der Waals surface area contributed by atoms with Crippen LogP contribution in [0.1, 0.15) is 48.5 Å². The number of carbonyl (C=O) groups excluding carboxylic acids is 1. The number of hydrogen-bond donors (Lipinski definition) is 1. The SMILES string of the molecule is CCc1ccccc1C(=O)NCCCCCCI. The van der Waals surface area contributed by atoms with Crippen molar-refractivity contribution in [2.24, 2.45) is 0 Å². The number of hydrogen-bond acceptors (Lipinski definition) is 1. The van der Waals surface area contributed by atoms with Crippen molar-refractivity contribution in [1.82, 2.24) is 5.32 Å². The topological polar surface area (TPSA) is 29.1 Å². The number of benzene rings is 1. The Morgan fingerprint density at radius 3 is 2.61 bits per heavy atom. The van der Waals surface area contributed by atoms with Gasteiger partial charge in [0.05, 0.1) is 0 Å². The van der Waals surface area contributed by atoms with Gasteiger partial charge in [0, 0.05) is 12.1 Å². The smallest absolute Gasteiger partial charge is 0.251 e. The number of nitrogens with one attached hydrogen (secondary N) is 1. The van der Waals surface area contributed by atoms with Gasteiger partial charge in [-0.05, 0) is 35.3 Å². The maximum absolute atomic E-state index is 12.0. The molecule has 0 aliphatic rings. The molecule has 1 N–H and O–H groups in total. The molecule has 0 radical (unpaired) electrons. The third-order valence-electron chi connectivity index (χ3n) is 2.99. The molecule has 1 rings (SSSR count). The van der Waals surface area contributed by atoms with Gasteiger partial charge < -0.3 is 5.32 Å². The largest absolute Gasteiger partial charge is 0.352 e. The van der Waals surface area contributed by atoms with E-state index in [0.29, 0.717) is 0 Å². The highest BCUT2D eigenvalue weighted by Crippen LogP contribution is 2.09. The number of aryl methyl sites for hydroxylation is 1. The van der Waals surface area contributed by atoms with Gasteiger partial charge in [-0.2, -0.15) is 0 Å². The Labute approximate surface area is 124 Å². The lowest BCUT2D eigenvalue weighted by molar-refractivity contribution is 0.0952. The Morgan fingerprint density at radius 2 is 1.89 bits per heavy atom. The highest BCUT2D eigenvalue weighted by molar-refractivity contribution is 14.1. The number of alkyl halides is 1. The van der Waals surface area contributed by atoms with Crippen molar-refractivity contribution in [1.29, 1.82) is 0 Å². The van der Waals surface area contributed by atoms with Gasteiger partial charge in [0.25, 0.3) is 5.91 Å². The van der Waals surface area contributed by atoms with Crippen molar-refractivity contribution in [3.05, 3.63) is 35.4 Å². The summed E-state index contributed by atoms with van der Waals surface area (Å²) in [7, 11) is 0. The Balaban J connectivity index is 2.32. The zero-order valence-corrected chi connectivity index (χ0v) is 13.2. The normalized spacial score (nSPS) is 10.3. The molecule has 0 heterocycles. The zero-order chi connectivity index (χ0) is 13.2. The average Bonchev–Trinajstić information content (AvgIpc) is 2.42. The van der Waals surface area contributed by atoms with Crippen molar-refractivity contribution in [3.8, 4) is 0 Å². The minimum absolute atomic E-state index is 0.0707. The fourth-order valence-corrected chi connectivity index (χ4v) is 2.46. The second-order valence-corrected chi connectivity index (χ2v) is 5.45. The summed E-state index contributed by atoms with van der Waals surface area (Å²) in [4.78, 5) is 12.0. The summed E-state index contributed by atoms with van der Waals surface area (Å²) in [6, 6.07) is 7.84. The van der Waals surface area contributed by atoms with Gasteiger partial charge in [-0.25, -0.2) is 0 Å². The van der Waals surface area contributed by atoms with E-state index < -0.39 is 0 Å². The van der Waals surface area contributed by atoms with Crippen LogP contribution in [-0.4, -0.2) is 16.9 Å². The summed E-state index contributed by atoms with van der Waals surface area (Å²) in [6.45, 7) is 2.87. The molecule has 0 unspecified atom stereocenters. The Bertz CT molecular complexity index is 365. The molecule has 1 aromatic carbocycles. The monoisotopic (exact) mass is 359 g/mol. The average molecular weight is 359 g/mol. The van der Waals surface area contributed by atoms with Crippen LogP contribution >= 0.6 is 22.6 Å². The van der Waals surface area contributed by atoms with Crippen LogP contribution in [0.4, 0.5) is 0 Å². The van der Waals surface area contributed by atoms with Crippen LogP contribution < -0.4 is 5.32 Å². The second kappa shape index (κ2) is 9.36. The number of carbonyl (C=O) groups is 1. The van der Waals surface area contributed by atoms with Crippen molar-refractivity contribution >= 4 is 28.5 Å². The Kier molecular flexibility index (Phi) is 8.05. The molecule has 0 bridgehead atoms. The van der Waals surface area contributed by atoms with E-state index in [1.54, 1.807) is 0 Å². The zero-order valence-electron chi connectivity index (χ0n) is 11.0. The molecular weight excluding hydrogens is 337 g/mol. The van der Waals surface area contributed by atoms with E-state index in [2.05, 4.69) is 34.8 Å². The standard InChI is InChI=1S/C15H22INO/c1-2-13-9-5-6-10-14(13)15(18)17-12-8-4-3-7-11-16/h5-6,9-10H,2-4,7-8,11-12H2,1H3,(H,17,18). The number of unbranched alkanes of at least 4 members (excludes halogenated alkanes) is 3. The lowest BCUT2D eigenvalue weighted by Gasteiger charge is -2.08. The van der Waals surface area contributed by atoms with Crippen molar-refractivity contribution in [3.63, 3.8) is 0 Å². The van der Waals surface area contributed by atoms with Crippen LogP contribution in [0, 0.1) is 0 Å². The third kappa shape index (κ3) is 5.38. The number of amides is 1. The lowest BCUT2D eigenvalue weighted by Crippen LogP contribution is -2.25. The van der Waals surface area contributed by atoms with E-state index in [9.17, 15) is 4.79 Å². The molecule has 18 heavy (non-hydrogen) atoms. The molecule has 1 amide bonds. The molecule has 0 saturated heterocycles. The van der Waals surface area contributed by atoms with Crippen LogP contribution in [0.5, 0.6) is 0 Å². The van der Waals surface area contributed by atoms with E-state index in [1.165, 1.54) is 23.7 Å². The van der Waals surface area contributed by atoms with Gasteiger partial charge in [-0.3, -0.25) is 4.79 Å². The van der Waals surface area contributed by atoms with Gasteiger partial charge in [-0.1, -0.05) is 60.6 Å². The number of halogens is 1. The molecule has 0 aromatic heterocycles. The first-order valence-electron chi connectivity index (χ1n) is 6.71. The molecule has 0 fully saturated rings. The minimum Gasteiger partial charge on any atom is -0.352 e. The van der Waals surface area contributed by atoms with Crippen molar-refractivity contribution in [2.45, 2.75) is 39.0 Å². The maximum atomic E-state index is 12.0. The van der Waals surface area contributed by atoms with Gasteiger partial charge in [0.15, 0.2) is 0 Å². The van der Waals surface area contributed by atoms with E-state index in [1.807, 2.05) is 24.3 Å². The lowest BCUT2D eigenvalue weighted by atomic mass is 10.0. The molecule has 0 aliphatic carbocycles. The fraction of sp³-hybridized carbons (Fsp3) is 0.533. The fourth-order valence-electron chi connectivity index (χ4n) is 1.92. The van der Waals surface area contributed by atoms with Gasteiger partial charge >= 0.3 is 0 Å². The van der Waals surface area contributed by atoms with Crippen molar-refractivity contribution < 1.29 is 4.79 Å². The van der Waals surface area contributed by atoms with Crippen LogP contribution in [0.25, 0.3) is 0 Å². The second-order valence-electron chi connectivity index (χ2n) is 4.37. The van der Waals surface area contributed by atoms with Crippen LogP contribution in [0.15, 0.2) is 24.3 Å². The van der Waals surface area contributed by atoms with E-state index in [4.69, 9.17) is 0 Å². The summed E-state index contributed by atoms with van der Waals surface area (Å²) in [5.74, 6) is 0.0707. The molecule has 0 saturated carbocycles. The maximum Gasteiger partial charge on any atom is 0.251 e. The molecule has 100 valence electrons. The van der Waals surface area contributed by atoms with E-state index >= 15 is 0 Å². The summed E-state index contributed by atoms with van der Waals surface area (Å²) < 4.78 is 1.23. The first-order chi connectivity index (χ1) is 8.79. The van der Waals surface area contributed by atoms with Crippen LogP contribution in [0.3, 0.4) is 0 Å². The molecule has 0 spiro atoms. The van der Waals surface area contributed by atoms with Crippen LogP contribution in [0.2, 0.25) is 0 Å². The third-order valence-corrected chi connectivity index (χ3v) is 3.75. The minimum atomic E-state index is 0.0707. The quantitative estimate of drug-likeness (QED) is 0.425. The predicted octanol–water partition coefficient (Wildman–Crippen LogP) is 3.97. The first-order valence-corrected chi connectivity index (χ1v) is 8.24. The van der Waals surface area contributed by atoms with Gasteiger partial charge in [0.1, 0.15) is 0 Å².